The zero-order chi connectivity index (χ0) is 13.8. The number of thioether (sulfide) groups is 1. The van der Waals surface area contributed by atoms with Gasteiger partial charge in [0.2, 0.25) is 5.16 Å². The third-order valence-electron chi connectivity index (χ3n) is 2.63. The predicted octanol–water partition coefficient (Wildman–Crippen LogP) is 3.18. The summed E-state index contributed by atoms with van der Waals surface area (Å²) in [5, 5.41) is 10.9. The fraction of sp³-hybridized carbons (Fsp3) is 0.231. The van der Waals surface area contributed by atoms with Crippen molar-refractivity contribution in [1.82, 2.24) is 25.1 Å². The van der Waals surface area contributed by atoms with Crippen molar-refractivity contribution in [3.8, 4) is 10.7 Å². The van der Waals surface area contributed by atoms with E-state index in [2.05, 4.69) is 37.5 Å². The number of aromatic amines is 1. The number of hydrogen-bond donors (Lipinski definition) is 1. The number of aryl methyl sites for hydroxylation is 1. The van der Waals surface area contributed by atoms with E-state index in [0.717, 1.165) is 39.5 Å². The third kappa shape index (κ3) is 3.05. The molecule has 0 aromatic carbocycles. The molecule has 7 heteroatoms. The average Bonchev–Trinajstić information content (AvgIpc) is 3.15. The molecule has 3 rings (SSSR count). The molecule has 0 saturated heterocycles. The van der Waals surface area contributed by atoms with Crippen LogP contribution in [0.25, 0.3) is 10.7 Å². The van der Waals surface area contributed by atoms with Crippen LogP contribution in [0.5, 0.6) is 0 Å². The molecule has 0 fully saturated rings. The van der Waals surface area contributed by atoms with Crippen LogP contribution in [0.15, 0.2) is 34.9 Å². The van der Waals surface area contributed by atoms with E-state index in [1.165, 1.54) is 0 Å². The molecule has 0 radical (unpaired) electrons. The minimum Gasteiger partial charge on any atom is -0.262 e. The molecule has 0 amide bonds. The van der Waals surface area contributed by atoms with Gasteiger partial charge in [-0.25, -0.2) is 9.97 Å². The summed E-state index contributed by atoms with van der Waals surface area (Å²) < 4.78 is 0. The molecule has 0 aliphatic heterocycles. The largest absolute Gasteiger partial charge is 0.262 e. The summed E-state index contributed by atoms with van der Waals surface area (Å²) >= 11 is 3.20. The van der Waals surface area contributed by atoms with Gasteiger partial charge in [0.25, 0.3) is 0 Å². The lowest BCUT2D eigenvalue weighted by molar-refractivity contribution is 0.941. The van der Waals surface area contributed by atoms with Crippen LogP contribution in [0.1, 0.15) is 18.4 Å². The van der Waals surface area contributed by atoms with Crippen LogP contribution in [0, 0.1) is 0 Å². The van der Waals surface area contributed by atoms with Gasteiger partial charge in [0.15, 0.2) is 0 Å². The number of nitrogens with one attached hydrogen (secondary N) is 1. The molecule has 3 aromatic heterocycles. The predicted molar refractivity (Wildman–Crippen MR) is 80.7 cm³/mol. The first-order valence-corrected chi connectivity index (χ1v) is 8.11. The topological polar surface area (TPSA) is 67.3 Å². The number of rotatable bonds is 5. The molecule has 0 atom stereocenters. The Morgan fingerprint density at radius 2 is 2.25 bits per heavy atom. The molecule has 102 valence electrons. The van der Waals surface area contributed by atoms with Gasteiger partial charge in [-0.3, -0.25) is 10.1 Å². The van der Waals surface area contributed by atoms with E-state index in [0.29, 0.717) is 0 Å². The highest BCUT2D eigenvalue weighted by Crippen LogP contribution is 2.25. The van der Waals surface area contributed by atoms with E-state index < -0.39 is 0 Å². The summed E-state index contributed by atoms with van der Waals surface area (Å²) in [5.74, 6) is 1.68. The third-order valence-corrected chi connectivity index (χ3v) is 4.43. The Labute approximate surface area is 124 Å². The molecule has 3 heterocycles. The van der Waals surface area contributed by atoms with E-state index in [-0.39, 0.29) is 0 Å². The highest BCUT2D eigenvalue weighted by atomic mass is 32.2. The van der Waals surface area contributed by atoms with Crippen molar-refractivity contribution in [3.05, 3.63) is 41.3 Å². The fourth-order valence-electron chi connectivity index (χ4n) is 1.62. The van der Waals surface area contributed by atoms with Crippen LogP contribution in [-0.2, 0) is 12.2 Å². The van der Waals surface area contributed by atoms with Crippen molar-refractivity contribution < 1.29 is 0 Å². The summed E-state index contributed by atoms with van der Waals surface area (Å²) in [6, 6.07) is 5.85. The average molecular weight is 303 g/mol. The molecule has 0 bridgehead atoms. The van der Waals surface area contributed by atoms with Crippen molar-refractivity contribution in [1.29, 1.82) is 0 Å². The Bertz CT molecular complexity index is 677. The summed E-state index contributed by atoms with van der Waals surface area (Å²) in [6.07, 6.45) is 2.65. The second kappa shape index (κ2) is 6.15. The Kier molecular flexibility index (Phi) is 4.08. The SMILES string of the molecule is CCc1nc(SCc2csc(-c3ccccn3)n2)n[nH]1. The Hall–Kier alpha value is -1.73. The normalized spacial score (nSPS) is 10.8. The zero-order valence-electron chi connectivity index (χ0n) is 10.9. The molecule has 5 nitrogen and oxygen atoms in total. The fourth-order valence-corrected chi connectivity index (χ4v) is 3.23. The van der Waals surface area contributed by atoms with Crippen molar-refractivity contribution in [2.45, 2.75) is 24.3 Å². The maximum atomic E-state index is 4.59. The molecule has 0 aliphatic rings. The van der Waals surface area contributed by atoms with E-state index >= 15 is 0 Å². The maximum Gasteiger partial charge on any atom is 0.208 e. The maximum absolute atomic E-state index is 4.59. The number of nitrogens with zero attached hydrogens (tertiary/aromatic N) is 4. The second-order valence-electron chi connectivity index (χ2n) is 4.07. The van der Waals surface area contributed by atoms with Gasteiger partial charge in [-0.2, -0.15) is 0 Å². The number of hydrogen-bond acceptors (Lipinski definition) is 6. The molecule has 0 aliphatic carbocycles. The molecule has 20 heavy (non-hydrogen) atoms. The van der Waals surface area contributed by atoms with Gasteiger partial charge in [-0.15, -0.1) is 16.4 Å². The van der Waals surface area contributed by atoms with E-state index in [1.54, 1.807) is 29.3 Å². The van der Waals surface area contributed by atoms with Gasteiger partial charge in [-0.05, 0) is 12.1 Å². The summed E-state index contributed by atoms with van der Waals surface area (Å²) in [5.41, 5.74) is 1.95. The van der Waals surface area contributed by atoms with Crippen LogP contribution in [0.2, 0.25) is 0 Å². The molecular weight excluding hydrogens is 290 g/mol. The Morgan fingerprint density at radius 1 is 1.30 bits per heavy atom. The quantitative estimate of drug-likeness (QED) is 0.733. The molecule has 0 saturated carbocycles. The monoisotopic (exact) mass is 303 g/mol. The van der Waals surface area contributed by atoms with E-state index in [1.807, 2.05) is 18.2 Å². The lowest BCUT2D eigenvalue weighted by atomic mass is 10.4. The summed E-state index contributed by atoms with van der Waals surface area (Å²) in [7, 11) is 0. The van der Waals surface area contributed by atoms with Crippen molar-refractivity contribution >= 4 is 23.1 Å². The van der Waals surface area contributed by atoms with Crippen LogP contribution in [0.4, 0.5) is 0 Å². The minimum absolute atomic E-state index is 0.768. The first-order valence-electron chi connectivity index (χ1n) is 6.25. The zero-order valence-corrected chi connectivity index (χ0v) is 12.5. The summed E-state index contributed by atoms with van der Waals surface area (Å²) in [4.78, 5) is 13.3. The number of thiazole rings is 1. The first-order chi connectivity index (χ1) is 9.85. The van der Waals surface area contributed by atoms with Gasteiger partial charge in [-0.1, -0.05) is 24.8 Å². The van der Waals surface area contributed by atoms with Crippen molar-refractivity contribution in [3.63, 3.8) is 0 Å². The standard InChI is InChI=1S/C13H13N5S2/c1-2-11-16-13(18-17-11)20-8-9-7-19-12(15-9)10-5-3-4-6-14-10/h3-7H,2,8H2,1H3,(H,16,17,18). The first kappa shape index (κ1) is 13.3. The van der Waals surface area contributed by atoms with Crippen LogP contribution in [0.3, 0.4) is 0 Å². The lowest BCUT2D eigenvalue weighted by Crippen LogP contribution is -1.85. The van der Waals surface area contributed by atoms with Gasteiger partial charge in [0.05, 0.1) is 11.4 Å². The van der Waals surface area contributed by atoms with Crippen molar-refractivity contribution in [2.75, 3.05) is 0 Å². The van der Waals surface area contributed by atoms with Gasteiger partial charge < -0.3 is 0 Å². The van der Waals surface area contributed by atoms with Crippen LogP contribution < -0.4 is 0 Å². The number of aromatic nitrogens is 5. The van der Waals surface area contributed by atoms with Crippen molar-refractivity contribution in [2.24, 2.45) is 0 Å². The lowest BCUT2D eigenvalue weighted by Gasteiger charge is -1.94. The molecule has 3 aromatic rings. The second-order valence-corrected chi connectivity index (χ2v) is 5.87. The smallest absolute Gasteiger partial charge is 0.208 e. The van der Waals surface area contributed by atoms with E-state index in [9.17, 15) is 0 Å². The minimum atomic E-state index is 0.768. The van der Waals surface area contributed by atoms with Gasteiger partial charge >= 0.3 is 0 Å². The van der Waals surface area contributed by atoms with E-state index in [4.69, 9.17) is 0 Å². The van der Waals surface area contributed by atoms with Crippen LogP contribution >= 0.6 is 23.1 Å². The van der Waals surface area contributed by atoms with Gasteiger partial charge in [0, 0.05) is 23.8 Å². The molecular formula is C13H13N5S2. The molecule has 0 unspecified atom stereocenters. The summed E-state index contributed by atoms with van der Waals surface area (Å²) in [6.45, 7) is 2.05. The Balaban J connectivity index is 1.65. The highest BCUT2D eigenvalue weighted by Gasteiger charge is 2.08. The van der Waals surface area contributed by atoms with Crippen LogP contribution in [-0.4, -0.2) is 25.1 Å². The number of H-pyrrole nitrogens is 1. The Morgan fingerprint density at radius 3 is 3.00 bits per heavy atom. The number of pyridine rings is 1. The molecule has 0 spiro atoms. The molecule has 1 N–H and O–H groups in total. The van der Waals surface area contributed by atoms with Gasteiger partial charge in [0.1, 0.15) is 10.8 Å². The highest BCUT2D eigenvalue weighted by molar-refractivity contribution is 7.98.